The highest BCUT2D eigenvalue weighted by Gasteiger charge is 2.49. The molecule has 204 valence electrons. The Hall–Kier alpha value is -3.59. The van der Waals surface area contributed by atoms with Crippen LogP contribution < -0.4 is 0 Å². The third-order valence-corrected chi connectivity index (χ3v) is 7.01. The van der Waals surface area contributed by atoms with E-state index in [2.05, 4.69) is 65.3 Å². The largest absolute Gasteiger partial charge is 0.449 e. The first-order valence-corrected chi connectivity index (χ1v) is 13.7. The number of carbonyl (C=O) groups is 1. The molecule has 0 aromatic heterocycles. The van der Waals surface area contributed by atoms with E-state index in [1.807, 2.05) is 70.2 Å². The van der Waals surface area contributed by atoms with Crippen molar-refractivity contribution in [1.29, 1.82) is 0 Å². The Balaban J connectivity index is 1.50. The second-order valence-corrected chi connectivity index (χ2v) is 11.2. The summed E-state index contributed by atoms with van der Waals surface area (Å²) in [7, 11) is 0. The molecule has 39 heavy (non-hydrogen) atoms. The van der Waals surface area contributed by atoms with Crippen LogP contribution in [-0.4, -0.2) is 46.4 Å². The Morgan fingerprint density at radius 1 is 0.897 bits per heavy atom. The van der Waals surface area contributed by atoms with E-state index in [4.69, 9.17) is 9.47 Å². The lowest BCUT2D eigenvalue weighted by Gasteiger charge is -2.36. The lowest BCUT2D eigenvalue weighted by molar-refractivity contribution is -0.0520. The van der Waals surface area contributed by atoms with E-state index < -0.39 is 11.3 Å². The van der Waals surface area contributed by atoms with E-state index >= 15 is 0 Å². The highest BCUT2D eigenvalue weighted by Crippen LogP contribution is 2.35. The number of benzene rings is 3. The van der Waals surface area contributed by atoms with E-state index in [0.717, 1.165) is 25.1 Å². The fraction of sp³-hybridized carbons (Fsp3) is 0.382. The van der Waals surface area contributed by atoms with Gasteiger partial charge in [-0.3, -0.25) is 9.80 Å². The predicted octanol–water partition coefficient (Wildman–Crippen LogP) is 6.87. The van der Waals surface area contributed by atoms with Crippen LogP contribution in [0.15, 0.2) is 91.0 Å². The maximum atomic E-state index is 13.0. The molecular formula is C34H40N2O3. The molecule has 4 rings (SSSR count). The zero-order valence-electron chi connectivity index (χ0n) is 23.6. The summed E-state index contributed by atoms with van der Waals surface area (Å²) in [5.74, 6) is 6.94. The van der Waals surface area contributed by atoms with Gasteiger partial charge < -0.3 is 9.47 Å². The fourth-order valence-electron chi connectivity index (χ4n) is 5.13. The fourth-order valence-corrected chi connectivity index (χ4v) is 5.13. The van der Waals surface area contributed by atoms with Crippen LogP contribution in [-0.2, 0) is 22.6 Å². The molecule has 1 aliphatic heterocycles. The van der Waals surface area contributed by atoms with E-state index in [1.165, 1.54) is 11.1 Å². The molecule has 1 atom stereocenters. The van der Waals surface area contributed by atoms with Gasteiger partial charge in [-0.2, -0.15) is 0 Å². The van der Waals surface area contributed by atoms with Crippen LogP contribution in [0.5, 0.6) is 0 Å². The van der Waals surface area contributed by atoms with Gasteiger partial charge >= 0.3 is 6.09 Å². The standard InChI is InChI=1S/C34H40N2O3/c1-33(2)27-39-34(3,4)36(33)32(37)38-24-14-21-31(23-22-28-15-8-5-9-16-28)35(25-29-17-10-6-11-18-29)26-30-19-12-7-13-20-30/h5-13,15-20,31H,14,21,24-27H2,1-4H3. The van der Waals surface area contributed by atoms with Crippen LogP contribution in [0.4, 0.5) is 4.79 Å². The summed E-state index contributed by atoms with van der Waals surface area (Å²) in [5.41, 5.74) is 2.38. The number of hydrogen-bond acceptors (Lipinski definition) is 4. The normalized spacial score (nSPS) is 16.4. The third-order valence-electron chi connectivity index (χ3n) is 7.01. The molecular weight excluding hydrogens is 484 g/mol. The summed E-state index contributed by atoms with van der Waals surface area (Å²) in [6.45, 7) is 10.2. The summed E-state index contributed by atoms with van der Waals surface area (Å²) in [6.07, 6.45) is 1.14. The Bertz CT molecular complexity index is 1190. The minimum absolute atomic E-state index is 0.0210. The first kappa shape index (κ1) is 28.4. The average Bonchev–Trinajstić information content (AvgIpc) is 3.16. The lowest BCUT2D eigenvalue weighted by atomic mass is 10.0. The molecule has 3 aromatic carbocycles. The molecule has 1 amide bonds. The van der Waals surface area contributed by atoms with Crippen molar-refractivity contribution in [2.24, 2.45) is 0 Å². The minimum Gasteiger partial charge on any atom is -0.449 e. The van der Waals surface area contributed by atoms with Crippen LogP contribution in [0.25, 0.3) is 0 Å². The molecule has 0 saturated carbocycles. The van der Waals surface area contributed by atoms with Gasteiger partial charge in [-0.05, 0) is 63.8 Å². The van der Waals surface area contributed by atoms with E-state index in [-0.39, 0.29) is 12.1 Å². The number of amides is 1. The van der Waals surface area contributed by atoms with Crippen molar-refractivity contribution in [2.45, 2.75) is 70.9 Å². The Labute approximate surface area is 233 Å². The molecule has 1 saturated heterocycles. The summed E-state index contributed by atoms with van der Waals surface area (Å²) in [6, 6.07) is 31.1. The number of hydrogen-bond donors (Lipinski definition) is 0. The van der Waals surface area contributed by atoms with Gasteiger partial charge in [0.2, 0.25) is 0 Å². The first-order chi connectivity index (χ1) is 18.7. The van der Waals surface area contributed by atoms with Crippen molar-refractivity contribution in [1.82, 2.24) is 9.80 Å². The lowest BCUT2D eigenvalue weighted by Crippen LogP contribution is -2.52. The van der Waals surface area contributed by atoms with Crippen LogP contribution in [0.3, 0.4) is 0 Å². The van der Waals surface area contributed by atoms with Crippen LogP contribution in [0.2, 0.25) is 0 Å². The molecule has 1 heterocycles. The zero-order valence-corrected chi connectivity index (χ0v) is 23.6. The van der Waals surface area contributed by atoms with Crippen LogP contribution >= 0.6 is 0 Å². The molecule has 0 spiro atoms. The molecule has 1 fully saturated rings. The van der Waals surface area contributed by atoms with E-state index in [1.54, 1.807) is 4.90 Å². The molecule has 1 aliphatic rings. The highest BCUT2D eigenvalue weighted by atomic mass is 16.6. The number of ether oxygens (including phenoxy) is 2. The highest BCUT2D eigenvalue weighted by molar-refractivity contribution is 5.70. The molecule has 0 N–H and O–H groups in total. The van der Waals surface area contributed by atoms with Crippen molar-refractivity contribution >= 4 is 6.09 Å². The molecule has 5 nitrogen and oxygen atoms in total. The maximum Gasteiger partial charge on any atom is 0.412 e. The Kier molecular flexibility index (Phi) is 9.45. The quantitative estimate of drug-likeness (QED) is 0.226. The summed E-state index contributed by atoms with van der Waals surface area (Å²) >= 11 is 0. The van der Waals surface area contributed by atoms with Crippen molar-refractivity contribution in [2.75, 3.05) is 13.2 Å². The van der Waals surface area contributed by atoms with Gasteiger partial charge in [0.25, 0.3) is 0 Å². The van der Waals surface area contributed by atoms with Gasteiger partial charge in [-0.1, -0.05) is 90.7 Å². The molecule has 0 radical (unpaired) electrons. The minimum atomic E-state index is -0.688. The molecule has 1 unspecified atom stereocenters. The van der Waals surface area contributed by atoms with Gasteiger partial charge in [0.05, 0.1) is 24.8 Å². The topological polar surface area (TPSA) is 42.0 Å². The van der Waals surface area contributed by atoms with Gasteiger partial charge in [-0.15, -0.1) is 0 Å². The summed E-state index contributed by atoms with van der Waals surface area (Å²) in [5, 5.41) is 0. The molecule has 3 aromatic rings. The first-order valence-electron chi connectivity index (χ1n) is 13.7. The van der Waals surface area contributed by atoms with Crippen molar-refractivity contribution < 1.29 is 14.3 Å². The Morgan fingerprint density at radius 2 is 1.44 bits per heavy atom. The van der Waals surface area contributed by atoms with Gasteiger partial charge in [0.15, 0.2) is 0 Å². The number of nitrogens with zero attached hydrogens (tertiary/aromatic N) is 2. The second kappa shape index (κ2) is 13.0. The van der Waals surface area contributed by atoms with Crippen LogP contribution in [0.1, 0.15) is 57.2 Å². The smallest absolute Gasteiger partial charge is 0.412 e. The van der Waals surface area contributed by atoms with Gasteiger partial charge in [-0.25, -0.2) is 4.79 Å². The van der Waals surface area contributed by atoms with Gasteiger partial charge in [0, 0.05) is 18.7 Å². The third kappa shape index (κ3) is 7.95. The molecule has 0 bridgehead atoms. The average molecular weight is 525 g/mol. The Morgan fingerprint density at radius 3 is 1.95 bits per heavy atom. The van der Waals surface area contributed by atoms with Crippen molar-refractivity contribution in [3.63, 3.8) is 0 Å². The number of carbonyl (C=O) groups excluding carboxylic acids is 1. The predicted molar refractivity (Wildman–Crippen MR) is 156 cm³/mol. The van der Waals surface area contributed by atoms with Gasteiger partial charge in [0.1, 0.15) is 5.72 Å². The second-order valence-electron chi connectivity index (χ2n) is 11.2. The van der Waals surface area contributed by atoms with E-state index in [0.29, 0.717) is 19.6 Å². The molecule has 0 aliphatic carbocycles. The summed E-state index contributed by atoms with van der Waals surface area (Å²) in [4.78, 5) is 17.2. The molecule has 5 heteroatoms. The van der Waals surface area contributed by atoms with Crippen LogP contribution in [0, 0.1) is 11.8 Å². The van der Waals surface area contributed by atoms with Crippen molar-refractivity contribution in [3.8, 4) is 11.8 Å². The summed E-state index contributed by atoms with van der Waals surface area (Å²) < 4.78 is 11.6. The van der Waals surface area contributed by atoms with E-state index in [9.17, 15) is 4.79 Å². The van der Waals surface area contributed by atoms with Crippen molar-refractivity contribution in [3.05, 3.63) is 108 Å². The maximum absolute atomic E-state index is 13.0. The SMILES string of the molecule is CC1(C)COC(C)(C)N1C(=O)OCCCC(C#Cc1ccccc1)N(Cc1ccccc1)Cc1ccccc1. The monoisotopic (exact) mass is 524 g/mol. The zero-order chi connectivity index (χ0) is 27.7. The number of rotatable bonds is 9.